The van der Waals surface area contributed by atoms with Gasteiger partial charge in [-0.25, -0.2) is 0 Å². The van der Waals surface area contributed by atoms with Gasteiger partial charge in [0.05, 0.1) is 24.6 Å². The monoisotopic (exact) mass is 442 g/mol. The number of hydrogen-bond donors (Lipinski definition) is 2. The third-order valence-electron chi connectivity index (χ3n) is 7.43. The third kappa shape index (κ3) is 4.66. The molecule has 0 aromatic heterocycles. The first kappa shape index (κ1) is 22.7. The fraction of sp³-hybridized carbons (Fsp3) is 0.625. The molecule has 32 heavy (non-hydrogen) atoms. The number of aliphatic hydroxyl groups is 1. The van der Waals surface area contributed by atoms with Crippen molar-refractivity contribution in [2.24, 2.45) is 17.6 Å². The van der Waals surface area contributed by atoms with Crippen LogP contribution in [0.4, 0.5) is 0 Å². The van der Waals surface area contributed by atoms with Crippen LogP contribution in [0.15, 0.2) is 30.3 Å². The fourth-order valence-electron chi connectivity index (χ4n) is 5.96. The van der Waals surface area contributed by atoms with Gasteiger partial charge < -0.3 is 20.6 Å². The van der Waals surface area contributed by atoms with Crippen LogP contribution in [-0.4, -0.2) is 88.9 Å². The molecule has 0 radical (unpaired) electrons. The van der Waals surface area contributed by atoms with Gasteiger partial charge in [0, 0.05) is 44.9 Å². The maximum atomic E-state index is 13.5. The Morgan fingerprint density at radius 2 is 1.81 bits per heavy atom. The van der Waals surface area contributed by atoms with Crippen molar-refractivity contribution in [2.75, 3.05) is 39.3 Å². The number of amides is 3. The number of nitrogens with zero attached hydrogens (tertiary/aromatic N) is 3. The Kier molecular flexibility index (Phi) is 6.81. The van der Waals surface area contributed by atoms with Crippen molar-refractivity contribution in [3.63, 3.8) is 0 Å². The van der Waals surface area contributed by atoms with E-state index in [1.54, 1.807) is 6.92 Å². The molecule has 1 aromatic rings. The van der Waals surface area contributed by atoms with Gasteiger partial charge in [-0.15, -0.1) is 0 Å². The second kappa shape index (κ2) is 9.58. The molecule has 3 N–H and O–H groups in total. The Labute approximate surface area is 189 Å². The van der Waals surface area contributed by atoms with Crippen LogP contribution >= 0.6 is 0 Å². The lowest BCUT2D eigenvalue weighted by Crippen LogP contribution is -2.50. The highest BCUT2D eigenvalue weighted by atomic mass is 16.3. The number of hydrogen-bond acceptors (Lipinski definition) is 5. The lowest BCUT2D eigenvalue weighted by molar-refractivity contribution is -0.140. The summed E-state index contributed by atoms with van der Waals surface area (Å²) in [5, 5.41) is 11.1. The van der Waals surface area contributed by atoms with Crippen LogP contribution in [0.1, 0.15) is 37.7 Å². The molecule has 1 aromatic carbocycles. The molecule has 4 rings (SSSR count). The Bertz CT molecular complexity index is 848. The van der Waals surface area contributed by atoms with Gasteiger partial charge in [0.2, 0.25) is 17.7 Å². The number of primary amides is 1. The first-order chi connectivity index (χ1) is 15.3. The van der Waals surface area contributed by atoms with Crippen LogP contribution < -0.4 is 5.73 Å². The predicted octanol–water partition coefficient (Wildman–Crippen LogP) is 0.408. The van der Waals surface area contributed by atoms with E-state index in [1.165, 1.54) is 0 Å². The van der Waals surface area contributed by atoms with Crippen LogP contribution in [0.25, 0.3) is 0 Å². The number of likely N-dealkylation sites (tertiary alicyclic amines) is 3. The molecule has 3 aliphatic heterocycles. The molecule has 0 spiro atoms. The van der Waals surface area contributed by atoms with Gasteiger partial charge in [0.25, 0.3) is 0 Å². The molecule has 3 amide bonds. The molecule has 8 nitrogen and oxygen atoms in total. The van der Waals surface area contributed by atoms with Gasteiger partial charge in [0.1, 0.15) is 0 Å². The zero-order valence-electron chi connectivity index (χ0n) is 18.7. The van der Waals surface area contributed by atoms with E-state index in [4.69, 9.17) is 5.73 Å². The maximum absolute atomic E-state index is 13.5. The highest BCUT2D eigenvalue weighted by molar-refractivity contribution is 5.80. The van der Waals surface area contributed by atoms with E-state index >= 15 is 0 Å². The predicted molar refractivity (Wildman–Crippen MR) is 119 cm³/mol. The molecule has 3 saturated heterocycles. The minimum absolute atomic E-state index is 0.0229. The first-order valence-electron chi connectivity index (χ1n) is 11.6. The van der Waals surface area contributed by atoms with Crippen molar-refractivity contribution in [2.45, 2.75) is 44.2 Å². The minimum atomic E-state index is -0.579. The second-order valence-corrected chi connectivity index (χ2v) is 9.51. The summed E-state index contributed by atoms with van der Waals surface area (Å²) in [6, 6.07) is 9.85. The third-order valence-corrected chi connectivity index (χ3v) is 7.43. The summed E-state index contributed by atoms with van der Waals surface area (Å²) in [5.41, 5.74) is 6.47. The summed E-state index contributed by atoms with van der Waals surface area (Å²) >= 11 is 0. The van der Waals surface area contributed by atoms with Gasteiger partial charge in [-0.05, 0) is 31.4 Å². The van der Waals surface area contributed by atoms with E-state index in [0.717, 1.165) is 24.9 Å². The number of carbonyl (C=O) groups excluding carboxylic acids is 3. The molecule has 8 heteroatoms. The summed E-state index contributed by atoms with van der Waals surface area (Å²) in [4.78, 5) is 42.9. The summed E-state index contributed by atoms with van der Waals surface area (Å²) in [7, 11) is 0. The van der Waals surface area contributed by atoms with Crippen LogP contribution in [0.2, 0.25) is 0 Å². The number of fused-ring (bicyclic) bond motifs is 1. The minimum Gasteiger partial charge on any atom is -0.393 e. The zero-order valence-corrected chi connectivity index (χ0v) is 18.7. The number of carbonyl (C=O) groups is 3. The Hall–Kier alpha value is -2.45. The molecule has 3 aliphatic rings. The van der Waals surface area contributed by atoms with Gasteiger partial charge in [0.15, 0.2) is 0 Å². The molecule has 174 valence electrons. The summed E-state index contributed by atoms with van der Waals surface area (Å²) in [5.74, 6) is -0.584. The molecule has 0 saturated carbocycles. The van der Waals surface area contributed by atoms with Gasteiger partial charge in [-0.3, -0.25) is 19.3 Å². The van der Waals surface area contributed by atoms with E-state index in [2.05, 4.69) is 12.1 Å². The number of aliphatic hydroxyl groups excluding tert-OH is 1. The van der Waals surface area contributed by atoms with E-state index in [1.807, 2.05) is 32.9 Å². The standard InChI is InChI=1S/C24H34N4O4/c1-16(29)28-13-19(17-6-3-2-4-7-17)23-20(28)14-27(11-9-21(23)30)24(32)18-8-5-10-26(12-18)15-22(25)31/h2-4,6-7,18-21,23,30H,5,8-15H2,1H3,(H2,25,31)/t18?,19-,20+,21+,23-/m0/s1. The molecular formula is C24H34N4O4. The quantitative estimate of drug-likeness (QED) is 0.702. The van der Waals surface area contributed by atoms with Crippen LogP contribution in [0, 0.1) is 11.8 Å². The lowest BCUT2D eigenvalue weighted by Gasteiger charge is -2.36. The van der Waals surface area contributed by atoms with E-state index < -0.39 is 6.10 Å². The summed E-state index contributed by atoms with van der Waals surface area (Å²) in [6.07, 6.45) is 1.55. The van der Waals surface area contributed by atoms with Gasteiger partial charge in [-0.2, -0.15) is 0 Å². The van der Waals surface area contributed by atoms with Crippen molar-refractivity contribution >= 4 is 17.7 Å². The number of benzene rings is 1. The SMILES string of the molecule is CC(=O)N1C[C@@H](c2ccccc2)[C@@H]2[C@H](O)CCN(C(=O)C3CCCN(CC(N)=O)C3)C[C@H]21. The van der Waals surface area contributed by atoms with Gasteiger partial charge in [-0.1, -0.05) is 30.3 Å². The largest absolute Gasteiger partial charge is 0.393 e. The van der Waals surface area contributed by atoms with Crippen molar-refractivity contribution in [1.82, 2.24) is 14.7 Å². The number of nitrogens with two attached hydrogens (primary N) is 1. The van der Waals surface area contributed by atoms with Crippen molar-refractivity contribution < 1.29 is 19.5 Å². The average Bonchev–Trinajstić information content (AvgIpc) is 3.07. The molecular weight excluding hydrogens is 408 g/mol. The lowest BCUT2D eigenvalue weighted by atomic mass is 9.81. The van der Waals surface area contributed by atoms with E-state index in [-0.39, 0.29) is 48.1 Å². The van der Waals surface area contributed by atoms with Crippen LogP contribution in [-0.2, 0) is 14.4 Å². The topological polar surface area (TPSA) is 107 Å². The van der Waals surface area contributed by atoms with Crippen molar-refractivity contribution in [3.05, 3.63) is 35.9 Å². The Morgan fingerprint density at radius 1 is 1.06 bits per heavy atom. The highest BCUT2D eigenvalue weighted by Crippen LogP contribution is 2.42. The number of piperidine rings is 1. The number of rotatable bonds is 4. The first-order valence-corrected chi connectivity index (χ1v) is 11.6. The maximum Gasteiger partial charge on any atom is 0.231 e. The van der Waals surface area contributed by atoms with Crippen molar-refractivity contribution in [1.29, 1.82) is 0 Å². The molecule has 0 bridgehead atoms. The molecule has 1 unspecified atom stereocenters. The van der Waals surface area contributed by atoms with Crippen LogP contribution in [0.3, 0.4) is 0 Å². The zero-order chi connectivity index (χ0) is 22.8. The van der Waals surface area contributed by atoms with Crippen molar-refractivity contribution in [3.8, 4) is 0 Å². The van der Waals surface area contributed by atoms with Gasteiger partial charge >= 0.3 is 0 Å². The molecule has 0 aliphatic carbocycles. The molecule has 5 atom stereocenters. The summed E-state index contributed by atoms with van der Waals surface area (Å²) in [6.45, 7) is 4.51. The van der Waals surface area contributed by atoms with E-state index in [0.29, 0.717) is 32.6 Å². The van der Waals surface area contributed by atoms with Crippen LogP contribution in [0.5, 0.6) is 0 Å². The molecule has 3 fully saturated rings. The summed E-state index contributed by atoms with van der Waals surface area (Å²) < 4.78 is 0. The van der Waals surface area contributed by atoms with E-state index in [9.17, 15) is 19.5 Å². The Morgan fingerprint density at radius 3 is 2.50 bits per heavy atom. The second-order valence-electron chi connectivity index (χ2n) is 9.51. The Balaban J connectivity index is 1.53. The molecule has 3 heterocycles. The normalized spacial score (nSPS) is 31.1. The smallest absolute Gasteiger partial charge is 0.231 e. The highest BCUT2D eigenvalue weighted by Gasteiger charge is 2.49. The average molecular weight is 443 g/mol. The fourth-order valence-corrected chi connectivity index (χ4v) is 5.96.